The summed E-state index contributed by atoms with van der Waals surface area (Å²) in [6, 6.07) is 0. The number of hydrogen-bond donors (Lipinski definition) is 0. The third-order valence-corrected chi connectivity index (χ3v) is 1.69. The van der Waals surface area contributed by atoms with Gasteiger partial charge in [0.1, 0.15) is 0 Å². The highest BCUT2D eigenvalue weighted by molar-refractivity contribution is 14.1. The van der Waals surface area contributed by atoms with Crippen LogP contribution in [0.1, 0.15) is 13.3 Å². The van der Waals surface area contributed by atoms with Crippen LogP contribution in [0.25, 0.3) is 0 Å². The number of halogens is 8. The quantitative estimate of drug-likeness (QED) is 0.424. The molecule has 1 nitrogen and oxygen atoms in total. The van der Waals surface area contributed by atoms with Crippen LogP contribution in [0.15, 0.2) is 0 Å². The van der Waals surface area contributed by atoms with Gasteiger partial charge in [0.05, 0.1) is 0 Å². The SMILES string of the molecule is C[C@H](I)C[C@](F)(OC(F)(F)F)C(F)(F)F. The largest absolute Gasteiger partial charge is 0.525 e. The van der Waals surface area contributed by atoms with Crippen molar-refractivity contribution in [2.75, 3.05) is 0 Å². The van der Waals surface area contributed by atoms with E-state index in [2.05, 4.69) is 4.74 Å². The summed E-state index contributed by atoms with van der Waals surface area (Å²) in [5.74, 6) is -4.69. The lowest BCUT2D eigenvalue weighted by Crippen LogP contribution is -2.48. The van der Waals surface area contributed by atoms with E-state index in [1.807, 2.05) is 0 Å². The van der Waals surface area contributed by atoms with Crippen LogP contribution in [0.5, 0.6) is 0 Å². The molecule has 0 aromatic rings. The number of hydrogen-bond acceptors (Lipinski definition) is 1. The van der Waals surface area contributed by atoms with Gasteiger partial charge in [-0.1, -0.05) is 29.5 Å². The lowest BCUT2D eigenvalue weighted by Gasteiger charge is -2.29. The van der Waals surface area contributed by atoms with Gasteiger partial charge in [-0.05, 0) is 0 Å². The van der Waals surface area contributed by atoms with Gasteiger partial charge in [0.2, 0.25) is 0 Å². The van der Waals surface area contributed by atoms with Crippen molar-refractivity contribution in [2.45, 2.75) is 35.7 Å². The molecule has 0 aliphatic rings. The van der Waals surface area contributed by atoms with Crippen LogP contribution in [-0.4, -0.2) is 22.3 Å². The average Bonchev–Trinajstić information content (AvgIpc) is 1.75. The van der Waals surface area contributed by atoms with E-state index in [9.17, 15) is 30.7 Å². The standard InChI is InChI=1S/C6H6F7IO/c1-3(14)2-4(7,5(8,9)10)15-6(11,12)13/h3H,2H2,1H3/t3-,4-/m0/s1. The van der Waals surface area contributed by atoms with E-state index in [1.165, 1.54) is 22.6 Å². The number of ether oxygens (including phenoxy) is 1. The maximum absolute atomic E-state index is 13.0. The normalized spacial score (nSPS) is 19.8. The highest BCUT2D eigenvalue weighted by Crippen LogP contribution is 2.43. The summed E-state index contributed by atoms with van der Waals surface area (Å²) < 4.78 is 85.2. The van der Waals surface area contributed by atoms with Crippen LogP contribution in [0.3, 0.4) is 0 Å². The van der Waals surface area contributed by atoms with E-state index in [4.69, 9.17) is 0 Å². The first kappa shape index (κ1) is 15.2. The summed E-state index contributed by atoms with van der Waals surface area (Å²) in [7, 11) is 0. The molecule has 0 aromatic carbocycles. The molecule has 0 saturated carbocycles. The Morgan fingerprint density at radius 1 is 1.07 bits per heavy atom. The summed E-state index contributed by atoms with van der Waals surface area (Å²) in [5.41, 5.74) is 0. The second-order valence-corrected chi connectivity index (χ2v) is 4.89. The second kappa shape index (κ2) is 4.60. The van der Waals surface area contributed by atoms with Gasteiger partial charge in [-0.2, -0.15) is 13.2 Å². The zero-order chi connectivity index (χ0) is 12.5. The van der Waals surface area contributed by atoms with Crippen LogP contribution in [0, 0.1) is 0 Å². The summed E-state index contributed by atoms with van der Waals surface area (Å²) in [6.45, 7) is 1.14. The Balaban J connectivity index is 4.88. The molecule has 0 radical (unpaired) electrons. The fourth-order valence-electron chi connectivity index (χ4n) is 0.760. The minimum Gasteiger partial charge on any atom is -0.245 e. The third-order valence-electron chi connectivity index (χ3n) is 1.24. The molecule has 0 N–H and O–H groups in total. The molecule has 0 aliphatic heterocycles. The Kier molecular flexibility index (Phi) is 4.66. The van der Waals surface area contributed by atoms with Crippen molar-refractivity contribution < 1.29 is 35.5 Å². The predicted octanol–water partition coefficient (Wildman–Crippen LogP) is 3.96. The molecular formula is C6H6F7IO. The smallest absolute Gasteiger partial charge is 0.245 e. The molecule has 9 heteroatoms. The van der Waals surface area contributed by atoms with Crippen molar-refractivity contribution in [2.24, 2.45) is 0 Å². The highest BCUT2D eigenvalue weighted by Gasteiger charge is 2.62. The molecule has 0 amide bonds. The van der Waals surface area contributed by atoms with E-state index >= 15 is 0 Å². The molecule has 0 unspecified atom stereocenters. The first-order valence-electron chi connectivity index (χ1n) is 3.54. The van der Waals surface area contributed by atoms with Crippen LogP contribution in [-0.2, 0) is 4.74 Å². The molecule has 0 fully saturated rings. The van der Waals surface area contributed by atoms with Gasteiger partial charge in [0, 0.05) is 10.3 Å². The van der Waals surface area contributed by atoms with E-state index in [-0.39, 0.29) is 0 Å². The molecule has 0 spiro atoms. The van der Waals surface area contributed by atoms with Crippen LogP contribution < -0.4 is 0 Å². The van der Waals surface area contributed by atoms with E-state index in [0.29, 0.717) is 0 Å². The molecule has 0 heterocycles. The molecule has 0 aromatic heterocycles. The van der Waals surface area contributed by atoms with E-state index in [0.717, 1.165) is 6.92 Å². The van der Waals surface area contributed by atoms with Crippen molar-refractivity contribution in [3.05, 3.63) is 0 Å². The Labute approximate surface area is 94.1 Å². The first-order chi connectivity index (χ1) is 6.37. The summed E-state index contributed by atoms with van der Waals surface area (Å²) in [5, 5.41) is 0. The topological polar surface area (TPSA) is 9.23 Å². The lowest BCUT2D eigenvalue weighted by atomic mass is 10.1. The Morgan fingerprint density at radius 2 is 1.47 bits per heavy atom. The zero-order valence-electron chi connectivity index (χ0n) is 7.22. The van der Waals surface area contributed by atoms with Crippen molar-refractivity contribution in [3.63, 3.8) is 0 Å². The summed E-state index contributed by atoms with van der Waals surface area (Å²) >= 11 is 1.37. The van der Waals surface area contributed by atoms with Crippen molar-refractivity contribution in [3.8, 4) is 0 Å². The van der Waals surface area contributed by atoms with Crippen LogP contribution in [0.2, 0.25) is 0 Å². The molecule has 0 aliphatic carbocycles. The summed E-state index contributed by atoms with van der Waals surface area (Å²) in [4.78, 5) is 0. The maximum Gasteiger partial charge on any atom is 0.525 e. The zero-order valence-corrected chi connectivity index (χ0v) is 9.37. The molecule has 15 heavy (non-hydrogen) atoms. The minimum atomic E-state index is -5.72. The lowest BCUT2D eigenvalue weighted by molar-refractivity contribution is -0.448. The molecule has 0 saturated heterocycles. The van der Waals surface area contributed by atoms with Gasteiger partial charge in [-0.3, -0.25) is 0 Å². The average molecular weight is 354 g/mol. The third kappa shape index (κ3) is 5.18. The van der Waals surface area contributed by atoms with E-state index in [1.54, 1.807) is 0 Å². The van der Waals surface area contributed by atoms with Gasteiger partial charge in [0.25, 0.3) is 0 Å². The molecular weight excluding hydrogens is 348 g/mol. The van der Waals surface area contributed by atoms with Gasteiger partial charge < -0.3 is 0 Å². The van der Waals surface area contributed by atoms with Gasteiger partial charge in [-0.25, -0.2) is 9.13 Å². The van der Waals surface area contributed by atoms with Crippen molar-refractivity contribution in [1.29, 1.82) is 0 Å². The number of alkyl halides is 8. The van der Waals surface area contributed by atoms with Crippen molar-refractivity contribution in [1.82, 2.24) is 0 Å². The molecule has 0 rings (SSSR count). The predicted molar refractivity (Wildman–Crippen MR) is 45.1 cm³/mol. The first-order valence-corrected chi connectivity index (χ1v) is 4.78. The molecule has 0 bridgehead atoms. The number of rotatable bonds is 3. The van der Waals surface area contributed by atoms with E-state index < -0.39 is 28.7 Å². The van der Waals surface area contributed by atoms with Gasteiger partial charge in [0.15, 0.2) is 0 Å². The Bertz CT molecular complexity index is 211. The maximum atomic E-state index is 13.0. The minimum absolute atomic E-state index is 0.962. The van der Waals surface area contributed by atoms with Crippen LogP contribution in [0.4, 0.5) is 30.7 Å². The second-order valence-electron chi connectivity index (χ2n) is 2.76. The monoisotopic (exact) mass is 354 g/mol. The summed E-state index contributed by atoms with van der Waals surface area (Å²) in [6.07, 6.45) is -12.8. The Morgan fingerprint density at radius 3 is 1.67 bits per heavy atom. The molecule has 2 atom stereocenters. The van der Waals surface area contributed by atoms with Gasteiger partial charge in [-0.15, -0.1) is 13.2 Å². The van der Waals surface area contributed by atoms with Crippen LogP contribution >= 0.6 is 22.6 Å². The Hall–Kier alpha value is 0.200. The van der Waals surface area contributed by atoms with Gasteiger partial charge >= 0.3 is 18.4 Å². The molecule has 92 valence electrons. The fourth-order valence-corrected chi connectivity index (χ4v) is 1.33. The van der Waals surface area contributed by atoms with Crippen molar-refractivity contribution >= 4 is 22.6 Å². The highest BCUT2D eigenvalue weighted by atomic mass is 127. The fraction of sp³-hybridized carbons (Fsp3) is 1.00.